The molecule has 1 aromatic heterocycles. The summed E-state index contributed by atoms with van der Waals surface area (Å²) in [7, 11) is 0. The molecule has 0 amide bonds. The third kappa shape index (κ3) is 2.86. The molecule has 1 aromatic rings. The fourth-order valence-electron chi connectivity index (χ4n) is 2.30. The van der Waals surface area contributed by atoms with Gasteiger partial charge in [0.05, 0.1) is 0 Å². The van der Waals surface area contributed by atoms with E-state index in [0.29, 0.717) is 12.0 Å². The van der Waals surface area contributed by atoms with Gasteiger partial charge in [0.25, 0.3) is 0 Å². The lowest BCUT2D eigenvalue weighted by Gasteiger charge is -2.37. The van der Waals surface area contributed by atoms with Crippen LogP contribution in [-0.4, -0.2) is 24.0 Å². The van der Waals surface area contributed by atoms with Gasteiger partial charge in [-0.3, -0.25) is 4.90 Å². The lowest BCUT2D eigenvalue weighted by atomic mass is 9.93. The summed E-state index contributed by atoms with van der Waals surface area (Å²) in [5.74, 6) is 0.690. The van der Waals surface area contributed by atoms with Gasteiger partial charge in [0.1, 0.15) is 0 Å². The Kier molecular flexibility index (Phi) is 4.41. The molecule has 2 unspecified atom stereocenters. The molecular formula is C12H19BrN2S. The molecule has 1 saturated heterocycles. The first-order chi connectivity index (χ1) is 7.70. The van der Waals surface area contributed by atoms with E-state index in [9.17, 15) is 0 Å². The molecule has 90 valence electrons. The van der Waals surface area contributed by atoms with Crippen LogP contribution >= 0.6 is 27.3 Å². The Hall–Kier alpha value is 0.100. The fraction of sp³-hybridized carbons (Fsp3) is 0.667. The van der Waals surface area contributed by atoms with Crippen molar-refractivity contribution in [1.29, 1.82) is 0 Å². The van der Waals surface area contributed by atoms with Crippen LogP contribution in [0.15, 0.2) is 15.9 Å². The lowest BCUT2D eigenvalue weighted by Crippen LogP contribution is -2.43. The van der Waals surface area contributed by atoms with Crippen LogP contribution in [0.1, 0.15) is 24.6 Å². The van der Waals surface area contributed by atoms with Crippen molar-refractivity contribution in [3.63, 3.8) is 0 Å². The number of nitrogens with zero attached hydrogens (tertiary/aromatic N) is 1. The topological polar surface area (TPSA) is 29.3 Å². The minimum absolute atomic E-state index is 0.690. The summed E-state index contributed by atoms with van der Waals surface area (Å²) >= 11 is 5.44. The fourth-order valence-corrected chi connectivity index (χ4v) is 3.80. The average Bonchev–Trinajstić information content (AvgIpc) is 2.68. The number of hydrogen-bond acceptors (Lipinski definition) is 3. The van der Waals surface area contributed by atoms with Crippen molar-refractivity contribution in [2.75, 3.05) is 13.1 Å². The highest BCUT2D eigenvalue weighted by Gasteiger charge is 2.25. The second-order valence-corrected chi connectivity index (χ2v) is 6.50. The highest BCUT2D eigenvalue weighted by Crippen LogP contribution is 2.28. The van der Waals surface area contributed by atoms with Crippen LogP contribution in [0.2, 0.25) is 0 Å². The van der Waals surface area contributed by atoms with Gasteiger partial charge in [-0.2, -0.15) is 0 Å². The average molecular weight is 303 g/mol. The Morgan fingerprint density at radius 1 is 1.56 bits per heavy atom. The summed E-state index contributed by atoms with van der Waals surface area (Å²) in [6, 6.07) is 2.83. The van der Waals surface area contributed by atoms with Gasteiger partial charge in [-0.25, -0.2) is 0 Å². The van der Waals surface area contributed by atoms with Gasteiger partial charge >= 0.3 is 0 Å². The summed E-state index contributed by atoms with van der Waals surface area (Å²) in [5, 5.41) is 2.15. The normalized spacial score (nSPS) is 27.2. The Morgan fingerprint density at radius 2 is 2.38 bits per heavy atom. The number of nitrogens with two attached hydrogens (primary N) is 1. The molecule has 2 N–H and O–H groups in total. The third-order valence-electron chi connectivity index (χ3n) is 3.48. The Balaban J connectivity index is 1.99. The standard InChI is InChI=1S/C12H19BrN2S/c1-9-2-3-10(6-14)7-15(9)8-12-11(13)4-5-16-12/h4-5,9-10H,2-3,6-8,14H2,1H3. The van der Waals surface area contributed by atoms with Gasteiger partial charge in [-0.1, -0.05) is 0 Å². The van der Waals surface area contributed by atoms with Crippen molar-refractivity contribution in [3.8, 4) is 0 Å². The molecule has 1 fully saturated rings. The number of halogens is 1. The molecule has 2 nitrogen and oxygen atoms in total. The maximum absolute atomic E-state index is 5.78. The molecule has 4 heteroatoms. The van der Waals surface area contributed by atoms with E-state index in [0.717, 1.165) is 19.6 Å². The van der Waals surface area contributed by atoms with E-state index in [4.69, 9.17) is 5.73 Å². The van der Waals surface area contributed by atoms with Crippen LogP contribution < -0.4 is 5.73 Å². The minimum atomic E-state index is 0.690. The van der Waals surface area contributed by atoms with Crippen LogP contribution in [0, 0.1) is 5.92 Å². The van der Waals surface area contributed by atoms with Crippen molar-refractivity contribution in [2.45, 2.75) is 32.4 Å². The summed E-state index contributed by atoms with van der Waals surface area (Å²) < 4.78 is 1.25. The second kappa shape index (κ2) is 5.63. The van der Waals surface area contributed by atoms with Crippen LogP contribution in [-0.2, 0) is 6.54 Å². The third-order valence-corrected chi connectivity index (χ3v) is 5.39. The van der Waals surface area contributed by atoms with Gasteiger partial charge in [-0.05, 0) is 59.6 Å². The molecule has 0 bridgehead atoms. The number of hydrogen-bond donors (Lipinski definition) is 1. The number of likely N-dealkylation sites (tertiary alicyclic amines) is 1. The molecule has 1 aliphatic rings. The molecule has 16 heavy (non-hydrogen) atoms. The summed E-state index contributed by atoms with van der Waals surface area (Å²) in [4.78, 5) is 4.00. The molecule has 0 spiro atoms. The quantitative estimate of drug-likeness (QED) is 0.930. The van der Waals surface area contributed by atoms with Gasteiger partial charge in [0.2, 0.25) is 0 Å². The van der Waals surface area contributed by atoms with Gasteiger partial charge in [0.15, 0.2) is 0 Å². The molecule has 2 heterocycles. The van der Waals surface area contributed by atoms with E-state index in [-0.39, 0.29) is 0 Å². The molecule has 0 aromatic carbocycles. The lowest BCUT2D eigenvalue weighted by molar-refractivity contribution is 0.114. The molecule has 0 aliphatic carbocycles. The first-order valence-corrected chi connectivity index (χ1v) is 7.54. The maximum atomic E-state index is 5.78. The molecule has 2 rings (SSSR count). The van der Waals surface area contributed by atoms with Crippen molar-refractivity contribution >= 4 is 27.3 Å². The number of rotatable bonds is 3. The predicted octanol–water partition coefficient (Wildman–Crippen LogP) is 3.07. The Bertz CT molecular complexity index is 340. The molecule has 0 saturated carbocycles. The molecule has 1 aliphatic heterocycles. The van der Waals surface area contributed by atoms with E-state index in [1.165, 1.54) is 22.2 Å². The first kappa shape index (κ1) is 12.6. The predicted molar refractivity (Wildman–Crippen MR) is 73.7 cm³/mol. The zero-order chi connectivity index (χ0) is 11.5. The number of piperidine rings is 1. The monoisotopic (exact) mass is 302 g/mol. The van der Waals surface area contributed by atoms with Crippen LogP contribution in [0.5, 0.6) is 0 Å². The summed E-state index contributed by atoms with van der Waals surface area (Å²) in [6.45, 7) is 5.38. The maximum Gasteiger partial charge on any atom is 0.0342 e. The van der Waals surface area contributed by atoms with Crippen molar-refractivity contribution < 1.29 is 0 Å². The Morgan fingerprint density at radius 3 is 3.00 bits per heavy atom. The van der Waals surface area contributed by atoms with Crippen molar-refractivity contribution in [1.82, 2.24) is 4.90 Å². The molecular weight excluding hydrogens is 284 g/mol. The van der Waals surface area contributed by atoms with Crippen LogP contribution in [0.3, 0.4) is 0 Å². The largest absolute Gasteiger partial charge is 0.330 e. The molecule has 2 atom stereocenters. The van der Waals surface area contributed by atoms with Crippen molar-refractivity contribution in [3.05, 3.63) is 20.8 Å². The van der Waals surface area contributed by atoms with E-state index in [1.54, 1.807) is 0 Å². The summed E-state index contributed by atoms with van der Waals surface area (Å²) in [6.07, 6.45) is 2.57. The van der Waals surface area contributed by atoms with Gasteiger partial charge < -0.3 is 5.73 Å². The first-order valence-electron chi connectivity index (χ1n) is 5.86. The Labute approximate surface area is 110 Å². The minimum Gasteiger partial charge on any atom is -0.330 e. The second-order valence-electron chi connectivity index (χ2n) is 4.65. The zero-order valence-corrected chi connectivity index (χ0v) is 12.1. The van der Waals surface area contributed by atoms with Crippen LogP contribution in [0.25, 0.3) is 0 Å². The SMILES string of the molecule is CC1CCC(CN)CN1Cc1sccc1Br. The number of thiophene rings is 1. The van der Waals surface area contributed by atoms with E-state index >= 15 is 0 Å². The van der Waals surface area contributed by atoms with E-state index in [2.05, 4.69) is 39.2 Å². The van der Waals surface area contributed by atoms with Crippen LogP contribution in [0.4, 0.5) is 0 Å². The van der Waals surface area contributed by atoms with Crippen molar-refractivity contribution in [2.24, 2.45) is 11.7 Å². The van der Waals surface area contributed by atoms with E-state index in [1.807, 2.05) is 11.3 Å². The van der Waals surface area contributed by atoms with E-state index < -0.39 is 0 Å². The van der Waals surface area contributed by atoms with Gasteiger partial charge in [0, 0.05) is 28.5 Å². The highest BCUT2D eigenvalue weighted by molar-refractivity contribution is 9.10. The summed E-state index contributed by atoms with van der Waals surface area (Å²) in [5.41, 5.74) is 5.78. The smallest absolute Gasteiger partial charge is 0.0342 e. The molecule has 0 radical (unpaired) electrons. The highest BCUT2D eigenvalue weighted by atomic mass is 79.9. The zero-order valence-electron chi connectivity index (χ0n) is 9.66. The van der Waals surface area contributed by atoms with Gasteiger partial charge in [-0.15, -0.1) is 11.3 Å².